The lowest BCUT2D eigenvalue weighted by Gasteiger charge is -2.18. The predicted octanol–water partition coefficient (Wildman–Crippen LogP) is 2.18. The van der Waals surface area contributed by atoms with Gasteiger partial charge in [-0.3, -0.25) is 9.55 Å². The molecule has 2 N–H and O–H groups in total. The molecule has 0 atom stereocenters. The number of carbonyl (C=O) groups is 1. The van der Waals surface area contributed by atoms with Crippen LogP contribution in [0.25, 0.3) is 27.6 Å². The van der Waals surface area contributed by atoms with Crippen LogP contribution in [0.5, 0.6) is 0 Å². The molecule has 7 heteroatoms. The highest BCUT2D eigenvalue weighted by Crippen LogP contribution is 2.29. The van der Waals surface area contributed by atoms with Gasteiger partial charge in [-0.2, -0.15) is 0 Å². The summed E-state index contributed by atoms with van der Waals surface area (Å²) in [4.78, 5) is 19.7. The van der Waals surface area contributed by atoms with Crippen molar-refractivity contribution in [2.45, 2.75) is 6.61 Å². The molecule has 4 rings (SSSR count). The van der Waals surface area contributed by atoms with Crippen molar-refractivity contribution in [3.8, 4) is 0 Å². The smallest absolute Gasteiger partial charge is 0.404 e. The molecule has 0 saturated carbocycles. The third-order valence-electron chi connectivity index (χ3n) is 3.60. The Labute approximate surface area is 124 Å². The Kier molecular flexibility index (Phi) is 2.72. The normalized spacial score (nSPS) is 13.5. The quantitative estimate of drug-likeness (QED) is 0.756. The third kappa shape index (κ3) is 1.86. The first-order chi connectivity index (χ1) is 10.7. The number of benzene rings is 1. The highest BCUT2D eigenvalue weighted by atomic mass is 16.5. The monoisotopic (exact) mass is 296 g/mol. The molecule has 0 saturated heterocycles. The Hall–Kier alpha value is -3.09. The number of hydrogen-bond donors (Lipinski definition) is 2. The fraction of sp³-hybridized carbons (Fsp3) is 0.133. The lowest BCUT2D eigenvalue weighted by Crippen LogP contribution is -2.26. The molecular weight excluding hydrogens is 284 g/mol. The molecule has 0 unspecified atom stereocenters. The molecule has 1 amide bonds. The second-order valence-electron chi connectivity index (χ2n) is 4.95. The van der Waals surface area contributed by atoms with Gasteiger partial charge >= 0.3 is 6.09 Å². The lowest BCUT2D eigenvalue weighted by molar-refractivity contribution is 0.194. The molecule has 1 aliphatic rings. The summed E-state index contributed by atoms with van der Waals surface area (Å²) in [5, 5.41) is 12.2. The zero-order valence-corrected chi connectivity index (χ0v) is 11.5. The van der Waals surface area contributed by atoms with Crippen LogP contribution < -0.4 is 5.32 Å². The van der Waals surface area contributed by atoms with Crippen LogP contribution in [0, 0.1) is 0 Å². The van der Waals surface area contributed by atoms with Gasteiger partial charge in [0, 0.05) is 5.39 Å². The molecule has 0 bridgehead atoms. The number of nitrogens with one attached hydrogen (secondary N) is 1. The van der Waals surface area contributed by atoms with E-state index in [2.05, 4.69) is 15.3 Å². The number of pyridine rings is 1. The number of rotatable bonds is 2. The van der Waals surface area contributed by atoms with Gasteiger partial charge in [-0.25, -0.2) is 9.78 Å². The molecule has 3 aromatic rings. The van der Waals surface area contributed by atoms with E-state index < -0.39 is 6.09 Å². The summed E-state index contributed by atoms with van der Waals surface area (Å²) < 4.78 is 7.33. The van der Waals surface area contributed by atoms with Gasteiger partial charge in [0.05, 0.1) is 29.5 Å². The average molecular weight is 296 g/mol. The van der Waals surface area contributed by atoms with E-state index in [0.29, 0.717) is 12.3 Å². The van der Waals surface area contributed by atoms with E-state index in [4.69, 9.17) is 9.84 Å². The topological polar surface area (TPSA) is 89.3 Å². The van der Waals surface area contributed by atoms with Crippen molar-refractivity contribution in [3.05, 3.63) is 42.5 Å². The summed E-state index contributed by atoms with van der Waals surface area (Å²) in [6.07, 6.45) is 2.22. The van der Waals surface area contributed by atoms with Gasteiger partial charge in [0.15, 0.2) is 5.82 Å². The maximum atomic E-state index is 10.8. The van der Waals surface area contributed by atoms with Crippen LogP contribution in [0.1, 0.15) is 5.82 Å². The SMILES string of the molecule is O=C(O)NCC1=COCc2nc3cnc4ccccc4c3n21. The maximum Gasteiger partial charge on any atom is 0.404 e. The summed E-state index contributed by atoms with van der Waals surface area (Å²) in [6, 6.07) is 7.80. The Morgan fingerprint density at radius 2 is 2.23 bits per heavy atom. The molecule has 0 spiro atoms. The summed E-state index contributed by atoms with van der Waals surface area (Å²) in [6.45, 7) is 0.490. The van der Waals surface area contributed by atoms with Gasteiger partial charge < -0.3 is 15.2 Å². The first-order valence-corrected chi connectivity index (χ1v) is 6.77. The van der Waals surface area contributed by atoms with E-state index >= 15 is 0 Å². The molecule has 0 aliphatic carbocycles. The highest BCUT2D eigenvalue weighted by molar-refractivity contribution is 6.03. The summed E-state index contributed by atoms with van der Waals surface area (Å²) in [5.74, 6) is 0.734. The van der Waals surface area contributed by atoms with E-state index in [1.165, 1.54) is 0 Å². The summed E-state index contributed by atoms with van der Waals surface area (Å²) in [7, 11) is 0. The minimum absolute atomic E-state index is 0.143. The van der Waals surface area contributed by atoms with Crippen molar-refractivity contribution in [2.75, 3.05) is 6.54 Å². The highest BCUT2D eigenvalue weighted by Gasteiger charge is 2.20. The fourth-order valence-electron chi connectivity index (χ4n) is 2.71. The standard InChI is InChI=1S/C15H12N4O3/c20-15(21)17-5-9-7-22-8-13-18-12-6-16-11-4-2-1-3-10(11)14(12)19(9)13/h1-4,6-7,17H,5,8H2,(H,20,21). The lowest BCUT2D eigenvalue weighted by atomic mass is 10.2. The molecular formula is C15H12N4O3. The number of fused-ring (bicyclic) bond motifs is 5. The van der Waals surface area contributed by atoms with Gasteiger partial charge in [0.25, 0.3) is 0 Å². The van der Waals surface area contributed by atoms with Crippen molar-refractivity contribution in [3.63, 3.8) is 0 Å². The number of nitrogens with zero attached hydrogens (tertiary/aromatic N) is 3. The van der Waals surface area contributed by atoms with Crippen LogP contribution in [0.2, 0.25) is 0 Å². The number of aromatic nitrogens is 3. The Bertz CT molecular complexity index is 929. The van der Waals surface area contributed by atoms with Crippen LogP contribution in [0.4, 0.5) is 4.79 Å². The molecule has 1 aliphatic heterocycles. The van der Waals surface area contributed by atoms with Crippen LogP contribution in [0.15, 0.2) is 36.7 Å². The number of ether oxygens (including phenoxy) is 1. The van der Waals surface area contributed by atoms with Crippen molar-refractivity contribution in [2.24, 2.45) is 0 Å². The van der Waals surface area contributed by atoms with E-state index in [1.807, 2.05) is 28.8 Å². The number of imidazole rings is 1. The molecule has 7 nitrogen and oxygen atoms in total. The number of amides is 1. The second-order valence-corrected chi connectivity index (χ2v) is 4.95. The number of carboxylic acid groups (broad SMARTS) is 1. The molecule has 3 heterocycles. The van der Waals surface area contributed by atoms with Gasteiger partial charge in [-0.15, -0.1) is 0 Å². The molecule has 2 aromatic heterocycles. The molecule has 1 aromatic carbocycles. The van der Waals surface area contributed by atoms with E-state index in [1.54, 1.807) is 12.5 Å². The van der Waals surface area contributed by atoms with Crippen molar-refractivity contribution < 1.29 is 14.6 Å². The molecule has 0 radical (unpaired) electrons. The van der Waals surface area contributed by atoms with E-state index in [-0.39, 0.29) is 6.54 Å². The zero-order chi connectivity index (χ0) is 15.1. The zero-order valence-electron chi connectivity index (χ0n) is 11.5. The van der Waals surface area contributed by atoms with Crippen molar-refractivity contribution in [1.29, 1.82) is 0 Å². The number of hydrogen-bond acceptors (Lipinski definition) is 4. The van der Waals surface area contributed by atoms with Gasteiger partial charge in [-0.05, 0) is 6.07 Å². The number of para-hydroxylation sites is 1. The first-order valence-electron chi connectivity index (χ1n) is 6.77. The molecule has 0 fully saturated rings. The first kappa shape index (κ1) is 12.6. The summed E-state index contributed by atoms with van der Waals surface area (Å²) in [5.41, 5.74) is 3.25. The minimum Gasteiger partial charge on any atom is -0.491 e. The van der Waals surface area contributed by atoms with Crippen molar-refractivity contribution in [1.82, 2.24) is 19.9 Å². The second kappa shape index (κ2) is 4.73. The largest absolute Gasteiger partial charge is 0.491 e. The van der Waals surface area contributed by atoms with Gasteiger partial charge in [0.1, 0.15) is 18.4 Å². The van der Waals surface area contributed by atoms with Gasteiger partial charge in [0.2, 0.25) is 0 Å². The molecule has 22 heavy (non-hydrogen) atoms. The molecule has 110 valence electrons. The van der Waals surface area contributed by atoms with Gasteiger partial charge in [-0.1, -0.05) is 18.2 Å². The fourth-order valence-corrected chi connectivity index (χ4v) is 2.71. The van der Waals surface area contributed by atoms with Crippen LogP contribution in [-0.2, 0) is 11.3 Å². The predicted molar refractivity (Wildman–Crippen MR) is 80.1 cm³/mol. The average Bonchev–Trinajstić information content (AvgIpc) is 2.92. The van der Waals surface area contributed by atoms with Crippen molar-refractivity contribution >= 4 is 33.7 Å². The Balaban J connectivity index is 1.96. The summed E-state index contributed by atoms with van der Waals surface area (Å²) >= 11 is 0. The van der Waals surface area contributed by atoms with E-state index in [9.17, 15) is 4.79 Å². The van der Waals surface area contributed by atoms with Crippen LogP contribution in [0.3, 0.4) is 0 Å². The Morgan fingerprint density at radius 3 is 3.09 bits per heavy atom. The van der Waals surface area contributed by atoms with E-state index in [0.717, 1.165) is 27.8 Å². The van der Waals surface area contributed by atoms with Crippen LogP contribution >= 0.6 is 0 Å². The minimum atomic E-state index is -1.08. The maximum absolute atomic E-state index is 10.8. The Morgan fingerprint density at radius 1 is 1.36 bits per heavy atom. The third-order valence-corrected chi connectivity index (χ3v) is 3.60. The van der Waals surface area contributed by atoms with Crippen LogP contribution in [-0.4, -0.2) is 32.3 Å².